The van der Waals surface area contributed by atoms with Gasteiger partial charge in [-0.25, -0.2) is 0 Å². The maximum absolute atomic E-state index is 10.5. The van der Waals surface area contributed by atoms with Crippen LogP contribution in [-0.2, 0) is 4.43 Å². The number of rotatable bonds is 4. The van der Waals surface area contributed by atoms with Gasteiger partial charge in [-0.1, -0.05) is 50.0 Å². The van der Waals surface area contributed by atoms with Crippen LogP contribution < -0.4 is 0 Å². The summed E-state index contributed by atoms with van der Waals surface area (Å²) in [6.07, 6.45) is -1.18. The summed E-state index contributed by atoms with van der Waals surface area (Å²) >= 11 is 12.3. The molecule has 0 saturated carbocycles. The van der Waals surface area contributed by atoms with Crippen molar-refractivity contribution >= 4 is 31.5 Å². The molecule has 0 bridgehead atoms. The van der Waals surface area contributed by atoms with Crippen LogP contribution in [0.1, 0.15) is 39.4 Å². The molecule has 0 aliphatic heterocycles. The first-order valence-electron chi connectivity index (χ1n) is 6.77. The normalized spacial score (nSPS) is 16.1. The second kappa shape index (κ2) is 6.37. The van der Waals surface area contributed by atoms with Crippen LogP contribution in [0.2, 0.25) is 28.2 Å². The molecular formula is C15H24Cl2O2Si. The van der Waals surface area contributed by atoms with Crippen molar-refractivity contribution in [3.63, 3.8) is 0 Å². The summed E-state index contributed by atoms with van der Waals surface area (Å²) in [6.45, 7) is 12.7. The van der Waals surface area contributed by atoms with E-state index in [0.29, 0.717) is 15.6 Å². The van der Waals surface area contributed by atoms with Gasteiger partial charge >= 0.3 is 0 Å². The Morgan fingerprint density at radius 3 is 2.00 bits per heavy atom. The molecule has 1 rings (SSSR count). The highest BCUT2D eigenvalue weighted by atomic mass is 35.5. The first-order valence-corrected chi connectivity index (χ1v) is 10.4. The fourth-order valence-electron chi connectivity index (χ4n) is 1.73. The Balaban J connectivity index is 2.96. The highest BCUT2D eigenvalue weighted by Crippen LogP contribution is 2.40. The minimum Gasteiger partial charge on any atom is -0.411 e. The van der Waals surface area contributed by atoms with E-state index in [-0.39, 0.29) is 11.1 Å². The zero-order valence-corrected chi connectivity index (χ0v) is 15.5. The number of benzene rings is 1. The van der Waals surface area contributed by atoms with Gasteiger partial charge in [0.15, 0.2) is 8.32 Å². The molecule has 0 aliphatic rings. The third-order valence-corrected chi connectivity index (χ3v) is 9.26. The number of aliphatic hydroxyl groups is 1. The Labute approximate surface area is 133 Å². The molecule has 0 aromatic heterocycles. The van der Waals surface area contributed by atoms with Crippen molar-refractivity contribution in [2.45, 2.75) is 58.0 Å². The SMILES string of the molecule is C[C@@H](O[Si](C)(C)C(C)(C)C)[C@H](O)c1c(Cl)cccc1Cl. The molecule has 1 aromatic rings. The Morgan fingerprint density at radius 2 is 1.60 bits per heavy atom. The largest absolute Gasteiger partial charge is 0.411 e. The van der Waals surface area contributed by atoms with E-state index >= 15 is 0 Å². The fraction of sp³-hybridized carbons (Fsp3) is 0.600. The molecule has 1 N–H and O–H groups in total. The molecule has 20 heavy (non-hydrogen) atoms. The lowest BCUT2D eigenvalue weighted by atomic mass is 10.1. The van der Waals surface area contributed by atoms with Crippen molar-refractivity contribution in [3.8, 4) is 0 Å². The zero-order chi connectivity index (χ0) is 15.7. The highest BCUT2D eigenvalue weighted by Gasteiger charge is 2.40. The second-order valence-electron chi connectivity index (χ2n) is 6.66. The molecule has 0 radical (unpaired) electrons. The van der Waals surface area contributed by atoms with E-state index in [1.54, 1.807) is 18.2 Å². The molecule has 0 heterocycles. The molecule has 5 heteroatoms. The van der Waals surface area contributed by atoms with Crippen LogP contribution in [0.25, 0.3) is 0 Å². The van der Waals surface area contributed by atoms with E-state index in [1.807, 2.05) is 6.92 Å². The minimum atomic E-state index is -1.94. The Hall–Kier alpha value is -0.0631. The van der Waals surface area contributed by atoms with Crippen LogP contribution >= 0.6 is 23.2 Å². The molecule has 0 saturated heterocycles. The van der Waals surface area contributed by atoms with Gasteiger partial charge in [-0.05, 0) is 37.2 Å². The van der Waals surface area contributed by atoms with Gasteiger partial charge in [0.2, 0.25) is 0 Å². The summed E-state index contributed by atoms with van der Waals surface area (Å²) in [4.78, 5) is 0. The molecule has 0 amide bonds. The Kier molecular flexibility index (Phi) is 5.73. The number of hydrogen-bond donors (Lipinski definition) is 1. The zero-order valence-electron chi connectivity index (χ0n) is 13.0. The summed E-state index contributed by atoms with van der Waals surface area (Å²) < 4.78 is 6.20. The molecule has 0 spiro atoms. The number of aliphatic hydroxyl groups excluding tert-OH is 1. The van der Waals surface area contributed by atoms with Crippen molar-refractivity contribution in [2.75, 3.05) is 0 Å². The van der Waals surface area contributed by atoms with Crippen LogP contribution in [0.4, 0.5) is 0 Å². The first-order chi connectivity index (χ1) is 8.97. The molecule has 2 atom stereocenters. The summed E-state index contributed by atoms with van der Waals surface area (Å²) in [7, 11) is -1.94. The Morgan fingerprint density at radius 1 is 1.15 bits per heavy atom. The molecule has 2 nitrogen and oxygen atoms in total. The predicted molar refractivity (Wildman–Crippen MR) is 89.2 cm³/mol. The van der Waals surface area contributed by atoms with Crippen LogP contribution in [-0.4, -0.2) is 19.5 Å². The monoisotopic (exact) mass is 334 g/mol. The molecule has 114 valence electrons. The van der Waals surface area contributed by atoms with E-state index in [2.05, 4.69) is 33.9 Å². The van der Waals surface area contributed by atoms with Crippen LogP contribution in [0.15, 0.2) is 18.2 Å². The molecule has 1 aromatic carbocycles. The van der Waals surface area contributed by atoms with Gasteiger partial charge in [0.05, 0.1) is 6.10 Å². The van der Waals surface area contributed by atoms with Crippen LogP contribution in [0.5, 0.6) is 0 Å². The fourth-order valence-corrected chi connectivity index (χ4v) is 3.77. The van der Waals surface area contributed by atoms with Crippen molar-refractivity contribution < 1.29 is 9.53 Å². The van der Waals surface area contributed by atoms with Gasteiger partial charge < -0.3 is 9.53 Å². The lowest BCUT2D eigenvalue weighted by Gasteiger charge is -2.39. The summed E-state index contributed by atoms with van der Waals surface area (Å²) in [5.74, 6) is 0. The minimum absolute atomic E-state index is 0.0885. The average Bonchev–Trinajstić information content (AvgIpc) is 2.26. The first kappa shape index (κ1) is 18.0. The molecule has 0 unspecified atom stereocenters. The van der Waals surface area contributed by atoms with Crippen molar-refractivity contribution in [3.05, 3.63) is 33.8 Å². The smallest absolute Gasteiger partial charge is 0.192 e. The number of hydrogen-bond acceptors (Lipinski definition) is 2. The third kappa shape index (κ3) is 3.98. The summed E-state index contributed by atoms with van der Waals surface area (Å²) in [6, 6.07) is 5.22. The van der Waals surface area contributed by atoms with Crippen LogP contribution in [0.3, 0.4) is 0 Å². The van der Waals surface area contributed by atoms with Gasteiger partial charge in [-0.3, -0.25) is 0 Å². The highest BCUT2D eigenvalue weighted by molar-refractivity contribution is 6.74. The lowest BCUT2D eigenvalue weighted by Crippen LogP contribution is -2.44. The van der Waals surface area contributed by atoms with Crippen molar-refractivity contribution in [1.82, 2.24) is 0 Å². The summed E-state index contributed by atoms with van der Waals surface area (Å²) in [5.41, 5.74) is 0.544. The van der Waals surface area contributed by atoms with E-state index in [0.717, 1.165) is 0 Å². The standard InChI is InChI=1S/C15H24Cl2O2Si/c1-10(19-20(5,6)15(2,3)4)14(18)13-11(16)8-7-9-12(13)17/h7-10,14,18H,1-6H3/t10-,14+/m1/s1. The van der Waals surface area contributed by atoms with E-state index in [9.17, 15) is 5.11 Å². The third-order valence-electron chi connectivity index (χ3n) is 4.03. The lowest BCUT2D eigenvalue weighted by molar-refractivity contribution is 0.0381. The van der Waals surface area contributed by atoms with Gasteiger partial charge in [-0.15, -0.1) is 0 Å². The van der Waals surface area contributed by atoms with Crippen molar-refractivity contribution in [2.24, 2.45) is 0 Å². The average molecular weight is 335 g/mol. The molecule has 0 aliphatic carbocycles. The van der Waals surface area contributed by atoms with Crippen molar-refractivity contribution in [1.29, 1.82) is 0 Å². The van der Waals surface area contributed by atoms with Gasteiger partial charge in [-0.2, -0.15) is 0 Å². The topological polar surface area (TPSA) is 29.5 Å². The van der Waals surface area contributed by atoms with Gasteiger partial charge in [0.25, 0.3) is 0 Å². The predicted octanol–water partition coefficient (Wildman–Crippen LogP) is 5.44. The molecular weight excluding hydrogens is 311 g/mol. The Bertz CT molecular complexity index is 449. The maximum Gasteiger partial charge on any atom is 0.192 e. The maximum atomic E-state index is 10.5. The quantitative estimate of drug-likeness (QED) is 0.743. The summed E-state index contributed by atoms with van der Waals surface area (Å²) in [5, 5.41) is 11.5. The molecule has 0 fully saturated rings. The number of halogens is 2. The van der Waals surface area contributed by atoms with Gasteiger partial charge in [0, 0.05) is 15.6 Å². The van der Waals surface area contributed by atoms with Crippen LogP contribution in [0, 0.1) is 0 Å². The van der Waals surface area contributed by atoms with E-state index in [1.165, 1.54) is 0 Å². The van der Waals surface area contributed by atoms with E-state index in [4.69, 9.17) is 27.6 Å². The van der Waals surface area contributed by atoms with Gasteiger partial charge in [0.1, 0.15) is 6.10 Å². The second-order valence-corrected chi connectivity index (χ2v) is 12.2. The van der Waals surface area contributed by atoms with E-state index < -0.39 is 14.4 Å².